The monoisotopic (exact) mass is 499 g/mol. The van der Waals surface area contributed by atoms with E-state index in [1.165, 1.54) is 4.90 Å². The summed E-state index contributed by atoms with van der Waals surface area (Å²) >= 11 is 6.21. The number of nitrogens with one attached hydrogen (secondary N) is 1. The summed E-state index contributed by atoms with van der Waals surface area (Å²) in [5.41, 5.74) is 8.09. The summed E-state index contributed by atoms with van der Waals surface area (Å²) in [5, 5.41) is 23.0. The predicted octanol–water partition coefficient (Wildman–Crippen LogP) is 4.73. The number of hydrazone groups is 1. The van der Waals surface area contributed by atoms with Crippen LogP contribution in [-0.4, -0.2) is 51.8 Å². The van der Waals surface area contributed by atoms with E-state index in [4.69, 9.17) is 16.3 Å². The molecule has 2 aliphatic heterocycles. The Bertz CT molecular complexity index is 1130. The Hall–Kier alpha value is -3.26. The number of carboxylic acids is 1. The molecular formula is C26H30ClN3O5. The number of aliphatic carboxylic acids is 1. The molecule has 0 aromatic heterocycles. The Morgan fingerprint density at radius 2 is 1.86 bits per heavy atom. The maximum Gasteiger partial charge on any atom is 0.410 e. The Kier molecular flexibility index (Phi) is 7.50. The molecule has 2 aliphatic rings. The molecule has 1 fully saturated rings. The maximum atomic E-state index is 12.8. The number of anilines is 1. The Morgan fingerprint density at radius 1 is 1.20 bits per heavy atom. The minimum atomic E-state index is -1.30. The number of carbonyl (C=O) groups excluding carboxylic acids is 1. The van der Waals surface area contributed by atoms with E-state index in [0.717, 1.165) is 44.9 Å². The quantitative estimate of drug-likeness (QED) is 0.455. The second-order valence-corrected chi connectivity index (χ2v) is 9.65. The Morgan fingerprint density at radius 3 is 2.51 bits per heavy atom. The molecule has 0 spiro atoms. The molecule has 35 heavy (non-hydrogen) atoms. The van der Waals surface area contributed by atoms with Gasteiger partial charge in [0.2, 0.25) is 6.10 Å². The van der Waals surface area contributed by atoms with Gasteiger partial charge in [-0.25, -0.2) is 9.59 Å². The number of carboxylic acid groups (broad SMARTS) is 1. The molecule has 4 rings (SSSR count). The van der Waals surface area contributed by atoms with Crippen LogP contribution in [0.4, 0.5) is 10.5 Å². The van der Waals surface area contributed by atoms with Gasteiger partial charge < -0.3 is 20.0 Å². The number of amides is 1. The number of fused-ring (bicyclic) bond motifs is 1. The number of likely N-dealkylation sites (tertiary alicyclic amines) is 1. The second kappa shape index (κ2) is 10.6. The number of benzene rings is 2. The van der Waals surface area contributed by atoms with E-state index in [1.54, 1.807) is 0 Å². The lowest BCUT2D eigenvalue weighted by molar-refractivity contribution is -0.426. The fourth-order valence-corrected chi connectivity index (χ4v) is 5.01. The molecule has 9 heteroatoms. The van der Waals surface area contributed by atoms with Crippen molar-refractivity contribution in [3.63, 3.8) is 0 Å². The topological polar surface area (TPSA) is 105 Å². The Labute approximate surface area is 209 Å². The van der Waals surface area contributed by atoms with Gasteiger partial charge in [-0.2, -0.15) is 5.43 Å². The molecule has 1 amide bonds. The SMILES string of the molecule is Cc1cc(CC(OC(=O)N2CCC(C3=[N+]([O-])Nc4ccccc4CC3)CC2)C(=O)O)cc(C)c1Cl. The number of aryl methyl sites for hydroxylation is 3. The van der Waals surface area contributed by atoms with Crippen molar-refractivity contribution in [2.24, 2.45) is 5.92 Å². The molecule has 186 valence electrons. The van der Waals surface area contributed by atoms with Gasteiger partial charge in [-0.05, 0) is 61.4 Å². The fourth-order valence-electron chi connectivity index (χ4n) is 4.90. The highest BCUT2D eigenvalue weighted by Gasteiger charge is 2.34. The van der Waals surface area contributed by atoms with Gasteiger partial charge in [0.15, 0.2) is 5.71 Å². The first-order valence-corrected chi connectivity index (χ1v) is 12.2. The molecule has 2 heterocycles. The minimum absolute atomic E-state index is 0.0497. The third kappa shape index (κ3) is 5.70. The van der Waals surface area contributed by atoms with Gasteiger partial charge in [-0.1, -0.05) is 46.8 Å². The highest BCUT2D eigenvalue weighted by atomic mass is 35.5. The lowest BCUT2D eigenvalue weighted by Gasteiger charge is -2.31. The number of halogens is 1. The van der Waals surface area contributed by atoms with E-state index in [0.29, 0.717) is 37.4 Å². The normalized spacial score (nSPS) is 17.3. The van der Waals surface area contributed by atoms with Crippen molar-refractivity contribution in [3.05, 3.63) is 68.9 Å². The van der Waals surface area contributed by atoms with Crippen LogP contribution in [0.3, 0.4) is 0 Å². The summed E-state index contributed by atoms with van der Waals surface area (Å²) < 4.78 is 5.39. The predicted molar refractivity (Wildman–Crippen MR) is 134 cm³/mol. The van der Waals surface area contributed by atoms with Gasteiger partial charge in [0.1, 0.15) is 5.69 Å². The maximum absolute atomic E-state index is 12.8. The van der Waals surface area contributed by atoms with Crippen LogP contribution in [0, 0.1) is 25.0 Å². The molecule has 8 nitrogen and oxygen atoms in total. The van der Waals surface area contributed by atoms with E-state index in [-0.39, 0.29) is 12.3 Å². The Balaban J connectivity index is 1.35. The summed E-state index contributed by atoms with van der Waals surface area (Å²) in [5.74, 6) is -1.14. The van der Waals surface area contributed by atoms with Crippen molar-refractivity contribution in [3.8, 4) is 0 Å². The molecule has 1 atom stereocenters. The van der Waals surface area contributed by atoms with E-state index in [2.05, 4.69) is 5.43 Å². The van der Waals surface area contributed by atoms with Crippen LogP contribution in [0.15, 0.2) is 36.4 Å². The molecular weight excluding hydrogens is 470 g/mol. The van der Waals surface area contributed by atoms with Crippen LogP contribution >= 0.6 is 11.6 Å². The molecule has 1 saturated heterocycles. The molecule has 0 radical (unpaired) electrons. The number of carbonyl (C=O) groups is 2. The average Bonchev–Trinajstić information content (AvgIpc) is 3.00. The van der Waals surface area contributed by atoms with Crippen LogP contribution in [0.2, 0.25) is 5.02 Å². The van der Waals surface area contributed by atoms with Crippen molar-refractivity contribution < 1.29 is 24.3 Å². The van der Waals surface area contributed by atoms with Crippen LogP contribution in [0.25, 0.3) is 0 Å². The van der Waals surface area contributed by atoms with Gasteiger partial charge in [-0.15, -0.1) is 0 Å². The van der Waals surface area contributed by atoms with Gasteiger partial charge in [-0.3, -0.25) is 0 Å². The second-order valence-electron chi connectivity index (χ2n) is 9.27. The first kappa shape index (κ1) is 24.9. The lowest BCUT2D eigenvalue weighted by atomic mass is 9.89. The lowest BCUT2D eigenvalue weighted by Crippen LogP contribution is -2.44. The van der Waals surface area contributed by atoms with Gasteiger partial charge in [0.05, 0.1) is 0 Å². The molecule has 2 aromatic rings. The zero-order valence-corrected chi connectivity index (χ0v) is 20.7. The number of ether oxygens (including phenoxy) is 1. The first-order chi connectivity index (χ1) is 16.7. The highest BCUT2D eigenvalue weighted by Crippen LogP contribution is 2.27. The number of nitrogens with zero attached hydrogens (tertiary/aromatic N) is 2. The standard InChI is InChI=1S/C26H30ClN3O5/c1-16-13-18(14-17(2)24(16)27)15-23(25(31)32)35-26(33)29-11-9-20(10-12-29)22-8-7-19-5-3-4-6-21(19)28-30(22)34/h3-6,13-14,20,23,28H,7-12,15H2,1-2H3,(H,31,32). The molecule has 0 bridgehead atoms. The number of para-hydroxylation sites is 1. The first-order valence-electron chi connectivity index (χ1n) is 11.8. The van der Waals surface area contributed by atoms with Crippen molar-refractivity contribution >= 4 is 35.1 Å². The van der Waals surface area contributed by atoms with Crippen molar-refractivity contribution in [1.29, 1.82) is 0 Å². The number of hydrogen-bond donors (Lipinski definition) is 2. The van der Waals surface area contributed by atoms with Crippen LogP contribution in [0.1, 0.15) is 41.5 Å². The highest BCUT2D eigenvalue weighted by molar-refractivity contribution is 6.32. The number of hydrogen-bond acceptors (Lipinski definition) is 5. The number of hydrazine groups is 1. The molecule has 0 saturated carbocycles. The molecule has 2 aromatic carbocycles. The van der Waals surface area contributed by atoms with Crippen LogP contribution < -0.4 is 5.43 Å². The molecule has 2 N–H and O–H groups in total. The number of piperidine rings is 1. The average molecular weight is 500 g/mol. The van der Waals surface area contributed by atoms with Crippen LogP contribution in [0.5, 0.6) is 0 Å². The van der Waals surface area contributed by atoms with E-state index >= 15 is 0 Å². The van der Waals surface area contributed by atoms with E-state index in [1.807, 2.05) is 50.2 Å². The zero-order chi connectivity index (χ0) is 25.1. The molecule has 0 aliphatic carbocycles. The third-order valence-corrected chi connectivity index (χ3v) is 7.41. The zero-order valence-electron chi connectivity index (χ0n) is 19.9. The summed E-state index contributed by atoms with van der Waals surface area (Å²) in [6, 6.07) is 11.4. The van der Waals surface area contributed by atoms with Crippen molar-refractivity contribution in [1.82, 2.24) is 4.90 Å². The minimum Gasteiger partial charge on any atom is -0.596 e. The van der Waals surface area contributed by atoms with E-state index in [9.17, 15) is 19.9 Å². The van der Waals surface area contributed by atoms with Gasteiger partial charge >= 0.3 is 12.1 Å². The van der Waals surface area contributed by atoms with E-state index < -0.39 is 18.2 Å². The summed E-state index contributed by atoms with van der Waals surface area (Å²) in [6.45, 7) is 4.52. The van der Waals surface area contributed by atoms with Gasteiger partial charge in [0.25, 0.3) is 0 Å². The smallest absolute Gasteiger partial charge is 0.410 e. The number of rotatable bonds is 5. The third-order valence-electron chi connectivity index (χ3n) is 6.81. The summed E-state index contributed by atoms with van der Waals surface area (Å²) in [7, 11) is 0. The van der Waals surface area contributed by atoms with Gasteiger partial charge in [0, 0.05) is 36.9 Å². The molecule has 1 unspecified atom stereocenters. The van der Waals surface area contributed by atoms with Crippen molar-refractivity contribution in [2.75, 3.05) is 18.5 Å². The summed E-state index contributed by atoms with van der Waals surface area (Å²) in [4.78, 5) is 27.0. The largest absolute Gasteiger partial charge is 0.596 e. The summed E-state index contributed by atoms with van der Waals surface area (Å²) in [6.07, 6.45) is 0.798. The fraction of sp³-hybridized carbons (Fsp3) is 0.423. The van der Waals surface area contributed by atoms with Crippen LogP contribution in [-0.2, 0) is 22.4 Å². The van der Waals surface area contributed by atoms with Crippen molar-refractivity contribution in [2.45, 2.75) is 52.1 Å².